The molecule has 0 saturated carbocycles. The zero-order valence-electron chi connectivity index (χ0n) is 11.3. The fraction of sp³-hybridized carbons (Fsp3) is 0.533. The topological polar surface area (TPSA) is 49.8 Å². The van der Waals surface area contributed by atoms with Crippen molar-refractivity contribution in [2.75, 3.05) is 26.7 Å². The number of methoxy groups -OCH3 is 1. The predicted octanol–water partition coefficient (Wildman–Crippen LogP) is 1.60. The van der Waals surface area contributed by atoms with E-state index in [1.807, 2.05) is 30.3 Å². The van der Waals surface area contributed by atoms with Crippen molar-refractivity contribution in [2.45, 2.75) is 18.9 Å². The molecule has 1 N–H and O–H groups in total. The van der Waals surface area contributed by atoms with Crippen molar-refractivity contribution in [3.63, 3.8) is 0 Å². The van der Waals surface area contributed by atoms with E-state index < -0.39 is 6.10 Å². The zero-order chi connectivity index (χ0) is 13.7. The summed E-state index contributed by atoms with van der Waals surface area (Å²) in [7, 11) is 1.41. The highest BCUT2D eigenvalue weighted by Gasteiger charge is 2.26. The van der Waals surface area contributed by atoms with E-state index in [0.29, 0.717) is 6.54 Å². The van der Waals surface area contributed by atoms with Gasteiger partial charge in [0.15, 0.2) is 0 Å². The third-order valence-corrected chi connectivity index (χ3v) is 3.80. The molecule has 0 radical (unpaired) electrons. The van der Waals surface area contributed by atoms with Gasteiger partial charge in [0, 0.05) is 0 Å². The van der Waals surface area contributed by atoms with Gasteiger partial charge < -0.3 is 9.84 Å². The van der Waals surface area contributed by atoms with Crippen LogP contribution in [0.2, 0.25) is 0 Å². The molecule has 1 heterocycles. The molecule has 19 heavy (non-hydrogen) atoms. The number of benzene rings is 1. The van der Waals surface area contributed by atoms with Gasteiger partial charge in [-0.1, -0.05) is 30.3 Å². The molecule has 0 aliphatic carbocycles. The number of rotatable bonds is 4. The lowest BCUT2D eigenvalue weighted by molar-refractivity contribution is -0.142. The molecule has 0 bridgehead atoms. The summed E-state index contributed by atoms with van der Waals surface area (Å²) in [5, 5.41) is 10.3. The van der Waals surface area contributed by atoms with Crippen LogP contribution >= 0.6 is 0 Å². The molecule has 4 heteroatoms. The van der Waals surface area contributed by atoms with Gasteiger partial charge in [0.1, 0.15) is 0 Å². The standard InChI is InChI=1S/C15H21NO3/c1-19-14(17)11-16-9-7-13(8-10-16)15(18)12-5-3-2-4-6-12/h2-6,13,15,18H,7-11H2,1H3. The molecule has 4 nitrogen and oxygen atoms in total. The van der Waals surface area contributed by atoms with E-state index in [4.69, 9.17) is 0 Å². The molecule has 0 aromatic heterocycles. The fourth-order valence-corrected chi connectivity index (χ4v) is 2.60. The smallest absolute Gasteiger partial charge is 0.319 e. The third-order valence-electron chi connectivity index (χ3n) is 3.80. The first-order valence-electron chi connectivity index (χ1n) is 6.73. The van der Waals surface area contributed by atoms with Crippen molar-refractivity contribution >= 4 is 5.97 Å². The van der Waals surface area contributed by atoms with Crippen LogP contribution in [0.15, 0.2) is 30.3 Å². The van der Waals surface area contributed by atoms with Crippen LogP contribution < -0.4 is 0 Å². The van der Waals surface area contributed by atoms with Crippen molar-refractivity contribution in [3.8, 4) is 0 Å². The first-order valence-corrected chi connectivity index (χ1v) is 6.73. The Balaban J connectivity index is 1.84. The number of nitrogens with zero attached hydrogens (tertiary/aromatic N) is 1. The van der Waals surface area contributed by atoms with Crippen molar-refractivity contribution in [1.82, 2.24) is 4.90 Å². The number of hydrogen-bond acceptors (Lipinski definition) is 4. The Bertz CT molecular complexity index is 399. The summed E-state index contributed by atoms with van der Waals surface area (Å²) >= 11 is 0. The summed E-state index contributed by atoms with van der Waals surface area (Å²) in [6.45, 7) is 2.03. The molecule has 1 saturated heterocycles. The minimum absolute atomic E-state index is 0.193. The predicted molar refractivity (Wildman–Crippen MR) is 72.6 cm³/mol. The van der Waals surface area contributed by atoms with Gasteiger partial charge in [-0.3, -0.25) is 9.69 Å². The summed E-state index contributed by atoms with van der Waals surface area (Å²) in [4.78, 5) is 13.3. The van der Waals surface area contributed by atoms with Gasteiger partial charge in [-0.15, -0.1) is 0 Å². The van der Waals surface area contributed by atoms with Crippen molar-refractivity contribution in [2.24, 2.45) is 5.92 Å². The minimum atomic E-state index is -0.401. The number of aliphatic hydroxyl groups is 1. The summed E-state index contributed by atoms with van der Waals surface area (Å²) < 4.78 is 4.67. The van der Waals surface area contributed by atoms with Crippen LogP contribution in [0.3, 0.4) is 0 Å². The fourth-order valence-electron chi connectivity index (χ4n) is 2.60. The molecule has 1 aliphatic heterocycles. The van der Waals surface area contributed by atoms with Crippen LogP contribution in [0.1, 0.15) is 24.5 Å². The second-order valence-corrected chi connectivity index (χ2v) is 5.05. The monoisotopic (exact) mass is 263 g/mol. The van der Waals surface area contributed by atoms with Gasteiger partial charge in [-0.2, -0.15) is 0 Å². The lowest BCUT2D eigenvalue weighted by Gasteiger charge is -2.33. The van der Waals surface area contributed by atoms with Crippen molar-refractivity contribution in [3.05, 3.63) is 35.9 Å². The van der Waals surface area contributed by atoms with Crippen LogP contribution in [0.5, 0.6) is 0 Å². The van der Waals surface area contributed by atoms with E-state index in [-0.39, 0.29) is 11.9 Å². The molecule has 0 spiro atoms. The quantitative estimate of drug-likeness (QED) is 0.838. The van der Waals surface area contributed by atoms with Gasteiger partial charge in [0.05, 0.1) is 19.8 Å². The van der Waals surface area contributed by atoms with E-state index in [0.717, 1.165) is 31.5 Å². The van der Waals surface area contributed by atoms with Crippen LogP contribution in [-0.4, -0.2) is 42.7 Å². The Hall–Kier alpha value is -1.39. The average molecular weight is 263 g/mol. The SMILES string of the molecule is COC(=O)CN1CCC(C(O)c2ccccc2)CC1. The molecular weight excluding hydrogens is 242 g/mol. The van der Waals surface area contributed by atoms with E-state index in [1.54, 1.807) is 0 Å². The first kappa shape index (κ1) is 14.0. The van der Waals surface area contributed by atoms with Crippen LogP contribution in [0.25, 0.3) is 0 Å². The first-order chi connectivity index (χ1) is 9.20. The highest BCUT2D eigenvalue weighted by molar-refractivity contribution is 5.71. The van der Waals surface area contributed by atoms with Gasteiger partial charge in [-0.05, 0) is 37.4 Å². The lowest BCUT2D eigenvalue weighted by atomic mass is 9.87. The van der Waals surface area contributed by atoms with Crippen molar-refractivity contribution in [1.29, 1.82) is 0 Å². The molecule has 1 atom stereocenters. The number of hydrogen-bond donors (Lipinski definition) is 1. The lowest BCUT2D eigenvalue weighted by Crippen LogP contribution is -2.39. The molecule has 1 aromatic rings. The van der Waals surface area contributed by atoms with Crippen LogP contribution in [0, 0.1) is 5.92 Å². The van der Waals surface area contributed by atoms with Gasteiger partial charge in [0.25, 0.3) is 0 Å². The summed E-state index contributed by atoms with van der Waals surface area (Å²) in [5.74, 6) is 0.0818. The maximum atomic E-state index is 11.2. The second-order valence-electron chi connectivity index (χ2n) is 5.05. The molecule has 1 aromatic carbocycles. The number of likely N-dealkylation sites (tertiary alicyclic amines) is 1. The minimum Gasteiger partial charge on any atom is -0.468 e. The Morgan fingerprint density at radius 3 is 2.58 bits per heavy atom. The van der Waals surface area contributed by atoms with Crippen LogP contribution in [-0.2, 0) is 9.53 Å². The number of esters is 1. The highest BCUT2D eigenvalue weighted by atomic mass is 16.5. The number of carbonyl (C=O) groups is 1. The molecule has 1 unspecified atom stereocenters. The molecule has 104 valence electrons. The molecule has 1 aliphatic rings. The summed E-state index contributed by atoms with van der Waals surface area (Å²) in [6.07, 6.45) is 1.42. The van der Waals surface area contributed by atoms with Gasteiger partial charge in [-0.25, -0.2) is 0 Å². The number of carbonyl (C=O) groups excluding carboxylic acids is 1. The maximum absolute atomic E-state index is 11.2. The number of aliphatic hydroxyl groups excluding tert-OH is 1. The Labute approximate surface area is 114 Å². The molecular formula is C15H21NO3. The molecule has 1 fully saturated rings. The Kier molecular flexibility index (Phi) is 4.93. The number of piperidine rings is 1. The van der Waals surface area contributed by atoms with Gasteiger partial charge in [0.2, 0.25) is 0 Å². The van der Waals surface area contributed by atoms with Crippen LogP contribution in [0.4, 0.5) is 0 Å². The third kappa shape index (κ3) is 3.78. The van der Waals surface area contributed by atoms with Crippen molar-refractivity contribution < 1.29 is 14.6 Å². The van der Waals surface area contributed by atoms with E-state index >= 15 is 0 Å². The molecule has 2 rings (SSSR count). The van der Waals surface area contributed by atoms with E-state index in [1.165, 1.54) is 7.11 Å². The largest absolute Gasteiger partial charge is 0.468 e. The highest BCUT2D eigenvalue weighted by Crippen LogP contribution is 2.30. The average Bonchev–Trinajstić information content (AvgIpc) is 2.48. The van der Waals surface area contributed by atoms with E-state index in [2.05, 4.69) is 9.64 Å². The Morgan fingerprint density at radius 2 is 2.00 bits per heavy atom. The normalized spacial score (nSPS) is 19.1. The Morgan fingerprint density at radius 1 is 1.37 bits per heavy atom. The van der Waals surface area contributed by atoms with Gasteiger partial charge >= 0.3 is 5.97 Å². The number of ether oxygens (including phenoxy) is 1. The molecule has 0 amide bonds. The summed E-state index contributed by atoms with van der Waals surface area (Å²) in [5.41, 5.74) is 0.980. The zero-order valence-corrected chi connectivity index (χ0v) is 11.3. The maximum Gasteiger partial charge on any atom is 0.319 e. The summed E-state index contributed by atoms with van der Waals surface area (Å²) in [6, 6.07) is 9.78. The second kappa shape index (κ2) is 6.68. The van der Waals surface area contributed by atoms with E-state index in [9.17, 15) is 9.90 Å².